The first-order chi connectivity index (χ1) is 18.5. The van der Waals surface area contributed by atoms with Crippen LogP contribution in [0, 0.1) is 0 Å². The number of tetrazole rings is 1. The minimum Gasteiger partial charge on any atom is -0.461 e. The number of nitrogens with zero attached hydrogens (tertiary/aromatic N) is 5. The number of rotatable bonds is 9. The number of nitrogens with one attached hydrogen (secondary N) is 1. The van der Waals surface area contributed by atoms with Gasteiger partial charge in [-0.2, -0.15) is 5.21 Å². The van der Waals surface area contributed by atoms with Gasteiger partial charge < -0.3 is 4.74 Å². The van der Waals surface area contributed by atoms with Crippen LogP contribution in [0.3, 0.4) is 0 Å². The third kappa shape index (κ3) is 5.36. The zero-order valence-electron chi connectivity index (χ0n) is 21.3. The Morgan fingerprint density at radius 2 is 1.76 bits per heavy atom. The molecule has 5 aromatic rings. The molecule has 9 nitrogen and oxygen atoms in total. The summed E-state index contributed by atoms with van der Waals surface area (Å²) in [6, 6.07) is 21.5. The molecule has 2 aromatic heterocycles. The lowest BCUT2D eigenvalue weighted by molar-refractivity contribution is -0.142. The molecule has 9 heteroatoms. The first-order valence-corrected chi connectivity index (χ1v) is 12.6. The number of ether oxygens (including phenoxy) is 1. The van der Waals surface area contributed by atoms with Gasteiger partial charge in [0.25, 0.3) is 5.56 Å². The molecule has 0 radical (unpaired) electrons. The van der Waals surface area contributed by atoms with E-state index in [9.17, 15) is 9.59 Å². The van der Waals surface area contributed by atoms with Crippen LogP contribution in [-0.2, 0) is 29.1 Å². The Morgan fingerprint density at radius 1 is 1.00 bits per heavy atom. The zero-order valence-corrected chi connectivity index (χ0v) is 21.3. The Hall–Kier alpha value is -4.66. The monoisotopic (exact) mass is 508 g/mol. The van der Waals surface area contributed by atoms with Gasteiger partial charge in [0.05, 0.1) is 17.4 Å². The normalized spacial score (nSPS) is 11.1. The molecule has 0 saturated carbocycles. The van der Waals surface area contributed by atoms with E-state index in [0.717, 1.165) is 46.5 Å². The number of fused-ring (bicyclic) bond motifs is 1. The first-order valence-electron chi connectivity index (χ1n) is 12.6. The Kier molecular flexibility index (Phi) is 7.35. The van der Waals surface area contributed by atoms with Crippen molar-refractivity contribution in [1.29, 1.82) is 0 Å². The molecule has 192 valence electrons. The van der Waals surface area contributed by atoms with Gasteiger partial charge in [0.2, 0.25) is 5.82 Å². The quantitative estimate of drug-likeness (QED) is 0.287. The molecule has 0 unspecified atom stereocenters. The minimum absolute atomic E-state index is 0.0997. The van der Waals surface area contributed by atoms with E-state index in [1.165, 1.54) is 6.92 Å². The largest absolute Gasteiger partial charge is 0.461 e. The molecule has 0 fully saturated rings. The number of esters is 1. The summed E-state index contributed by atoms with van der Waals surface area (Å²) >= 11 is 0. The Labute approximate surface area is 219 Å². The summed E-state index contributed by atoms with van der Waals surface area (Å²) in [6.07, 6.45) is 2.66. The number of benzene rings is 3. The van der Waals surface area contributed by atoms with Gasteiger partial charge in [-0.3, -0.25) is 14.2 Å². The molecule has 0 saturated heterocycles. The summed E-state index contributed by atoms with van der Waals surface area (Å²) in [4.78, 5) is 29.7. The van der Waals surface area contributed by atoms with Crippen molar-refractivity contribution in [1.82, 2.24) is 30.2 Å². The van der Waals surface area contributed by atoms with Gasteiger partial charge in [-0.1, -0.05) is 67.9 Å². The van der Waals surface area contributed by atoms with E-state index in [1.54, 1.807) is 10.6 Å². The second-order valence-electron chi connectivity index (χ2n) is 9.13. The summed E-state index contributed by atoms with van der Waals surface area (Å²) in [7, 11) is 0. The summed E-state index contributed by atoms with van der Waals surface area (Å²) in [5, 5.41) is 14.9. The molecule has 0 aliphatic rings. The fourth-order valence-corrected chi connectivity index (χ4v) is 4.46. The van der Waals surface area contributed by atoms with Crippen LogP contribution in [0.15, 0.2) is 71.5 Å². The molecule has 0 aliphatic heterocycles. The highest BCUT2D eigenvalue weighted by Gasteiger charge is 2.14. The van der Waals surface area contributed by atoms with Crippen molar-refractivity contribution in [2.75, 3.05) is 0 Å². The van der Waals surface area contributed by atoms with Gasteiger partial charge in [-0.25, -0.2) is 4.98 Å². The fourth-order valence-electron chi connectivity index (χ4n) is 4.46. The predicted octanol–water partition coefficient (Wildman–Crippen LogP) is 4.70. The predicted molar refractivity (Wildman–Crippen MR) is 144 cm³/mol. The molecule has 0 atom stereocenters. The van der Waals surface area contributed by atoms with Gasteiger partial charge in [0.15, 0.2) is 0 Å². The van der Waals surface area contributed by atoms with E-state index in [0.29, 0.717) is 29.7 Å². The molecule has 0 spiro atoms. The number of aryl methyl sites for hydroxylation is 1. The lowest BCUT2D eigenvalue weighted by Crippen LogP contribution is -2.26. The van der Waals surface area contributed by atoms with E-state index in [4.69, 9.17) is 9.72 Å². The molecule has 5 rings (SSSR count). The molecule has 1 N–H and O–H groups in total. The standard InChI is InChI=1S/C29H28N6O3/c1-3-4-9-27-30-26-15-12-21(18-38-19(2)36)16-25(26)29(37)35(27)17-20-10-13-22(14-11-20)23-7-5-6-8-24(23)28-31-33-34-32-28/h5-8,10-16H,3-4,9,17-18H2,1-2H3,(H,31,32,33,34). The maximum atomic E-state index is 13.7. The molecule has 38 heavy (non-hydrogen) atoms. The molecule has 2 heterocycles. The van der Waals surface area contributed by atoms with Crippen LogP contribution in [-0.4, -0.2) is 36.1 Å². The topological polar surface area (TPSA) is 116 Å². The number of unbranched alkanes of at least 4 members (excludes halogenated alkanes) is 1. The highest BCUT2D eigenvalue weighted by Crippen LogP contribution is 2.29. The van der Waals surface area contributed by atoms with Crippen LogP contribution >= 0.6 is 0 Å². The number of carbonyl (C=O) groups excluding carboxylic acids is 1. The van der Waals surface area contributed by atoms with Crippen molar-refractivity contribution in [3.63, 3.8) is 0 Å². The van der Waals surface area contributed by atoms with Gasteiger partial charge in [-0.15, -0.1) is 10.2 Å². The molecule has 3 aromatic carbocycles. The number of carbonyl (C=O) groups is 1. The second-order valence-corrected chi connectivity index (χ2v) is 9.13. The average Bonchev–Trinajstić information content (AvgIpc) is 3.48. The summed E-state index contributed by atoms with van der Waals surface area (Å²) in [5.74, 6) is 0.939. The van der Waals surface area contributed by atoms with Crippen molar-refractivity contribution in [2.24, 2.45) is 0 Å². The van der Waals surface area contributed by atoms with Crippen molar-refractivity contribution < 1.29 is 9.53 Å². The van der Waals surface area contributed by atoms with E-state index in [2.05, 4.69) is 27.5 Å². The number of aromatic amines is 1. The fraction of sp³-hybridized carbons (Fsp3) is 0.241. The van der Waals surface area contributed by atoms with E-state index < -0.39 is 0 Å². The first kappa shape index (κ1) is 25.0. The lowest BCUT2D eigenvalue weighted by Gasteiger charge is -2.15. The third-order valence-electron chi connectivity index (χ3n) is 6.41. The molecule has 0 amide bonds. The summed E-state index contributed by atoms with van der Waals surface area (Å²) in [6.45, 7) is 4.01. The number of aromatic nitrogens is 6. The number of hydrogen-bond acceptors (Lipinski definition) is 7. The molecular weight excluding hydrogens is 480 g/mol. The van der Waals surface area contributed by atoms with E-state index in [1.807, 2.05) is 60.7 Å². The number of H-pyrrole nitrogens is 1. The maximum absolute atomic E-state index is 13.7. The Bertz CT molecular complexity index is 1630. The molecule has 0 aliphatic carbocycles. The number of hydrogen-bond donors (Lipinski definition) is 1. The smallest absolute Gasteiger partial charge is 0.302 e. The third-order valence-corrected chi connectivity index (χ3v) is 6.41. The SMILES string of the molecule is CCCCc1nc2ccc(COC(C)=O)cc2c(=O)n1Cc1ccc(-c2ccccc2-c2nn[nH]n2)cc1. The molecular formula is C29H28N6O3. The highest BCUT2D eigenvalue weighted by atomic mass is 16.5. The van der Waals surface area contributed by atoms with E-state index in [-0.39, 0.29) is 18.1 Å². The summed E-state index contributed by atoms with van der Waals surface area (Å²) in [5.41, 5.74) is 5.19. The van der Waals surface area contributed by atoms with Gasteiger partial charge in [0, 0.05) is 18.9 Å². The van der Waals surface area contributed by atoms with Crippen LogP contribution in [0.1, 0.15) is 43.6 Å². The van der Waals surface area contributed by atoms with Crippen molar-refractivity contribution >= 4 is 16.9 Å². The van der Waals surface area contributed by atoms with Crippen LogP contribution < -0.4 is 5.56 Å². The summed E-state index contributed by atoms with van der Waals surface area (Å²) < 4.78 is 6.88. The second kappa shape index (κ2) is 11.2. The Balaban J connectivity index is 1.49. The van der Waals surface area contributed by atoms with Crippen LogP contribution in [0.2, 0.25) is 0 Å². The maximum Gasteiger partial charge on any atom is 0.302 e. The molecule has 0 bridgehead atoms. The van der Waals surface area contributed by atoms with Crippen LogP contribution in [0.4, 0.5) is 0 Å². The van der Waals surface area contributed by atoms with Gasteiger partial charge in [0.1, 0.15) is 12.4 Å². The van der Waals surface area contributed by atoms with Gasteiger partial charge >= 0.3 is 5.97 Å². The average molecular weight is 509 g/mol. The van der Waals surface area contributed by atoms with E-state index >= 15 is 0 Å². The zero-order chi connectivity index (χ0) is 26.5. The minimum atomic E-state index is -0.362. The van der Waals surface area contributed by atoms with Crippen LogP contribution in [0.25, 0.3) is 33.4 Å². The Morgan fingerprint density at radius 3 is 2.47 bits per heavy atom. The van der Waals surface area contributed by atoms with Crippen LogP contribution in [0.5, 0.6) is 0 Å². The highest BCUT2D eigenvalue weighted by molar-refractivity contribution is 5.80. The lowest BCUT2D eigenvalue weighted by atomic mass is 9.98. The van der Waals surface area contributed by atoms with Crippen molar-refractivity contribution in [2.45, 2.75) is 46.3 Å². The van der Waals surface area contributed by atoms with Crippen molar-refractivity contribution in [3.8, 4) is 22.5 Å². The van der Waals surface area contributed by atoms with Crippen molar-refractivity contribution in [3.05, 3.63) is 94.0 Å². The van der Waals surface area contributed by atoms with Gasteiger partial charge in [-0.05, 0) is 46.0 Å².